The van der Waals surface area contributed by atoms with Gasteiger partial charge in [-0.3, -0.25) is 28.0 Å². The molecule has 1 heterocycles. The van der Waals surface area contributed by atoms with Gasteiger partial charge in [0, 0.05) is 6.92 Å². The quantitative estimate of drug-likeness (QED) is 0.200. The molecule has 0 aromatic rings. The average molecular weight is 477 g/mol. The summed E-state index contributed by atoms with van der Waals surface area (Å²) < 4.78 is 44.5. The lowest BCUT2D eigenvalue weighted by atomic mass is 9.98. The van der Waals surface area contributed by atoms with Crippen LogP contribution in [-0.2, 0) is 46.9 Å². The highest BCUT2D eigenvalue weighted by Gasteiger charge is 2.35. The second kappa shape index (κ2) is 12.1. The second-order valence-electron chi connectivity index (χ2n) is 9.24. The van der Waals surface area contributed by atoms with Gasteiger partial charge in [0.05, 0.1) is 29.2 Å². The molecule has 0 unspecified atom stereocenters. The van der Waals surface area contributed by atoms with Crippen molar-refractivity contribution in [3.63, 3.8) is 0 Å². The molecule has 0 spiro atoms. The molecule has 3 radical (unpaired) electrons. The minimum absolute atomic E-state index is 0.00538. The first kappa shape index (κ1) is 28.6. The Labute approximate surface area is 190 Å². The minimum atomic E-state index is -3.92. The minimum Gasteiger partial charge on any atom is -0.463 e. The highest BCUT2D eigenvalue weighted by atomic mass is 31.2. The lowest BCUT2D eigenvalue weighted by molar-refractivity contribution is -0.162. The molecule has 0 bridgehead atoms. The summed E-state index contributed by atoms with van der Waals surface area (Å²) in [6, 6.07) is 0. The molecule has 10 nitrogen and oxygen atoms in total. The summed E-state index contributed by atoms with van der Waals surface area (Å²) in [6.07, 6.45) is 3.51. The zero-order chi connectivity index (χ0) is 24.6. The Balaban J connectivity index is 2.75. The van der Waals surface area contributed by atoms with Crippen molar-refractivity contribution >= 4 is 25.5 Å². The van der Waals surface area contributed by atoms with Gasteiger partial charge < -0.3 is 18.9 Å². The smallest absolute Gasteiger partial charge is 0.339 e. The van der Waals surface area contributed by atoms with Crippen LogP contribution in [0.2, 0.25) is 0 Å². The summed E-state index contributed by atoms with van der Waals surface area (Å²) in [6.45, 7) is 10.0. The average Bonchev–Trinajstić information content (AvgIpc) is 2.65. The van der Waals surface area contributed by atoms with E-state index in [0.29, 0.717) is 0 Å². The van der Waals surface area contributed by atoms with Gasteiger partial charge in [-0.15, -0.1) is 0 Å². The van der Waals surface area contributed by atoms with Gasteiger partial charge in [-0.05, 0) is 60.8 Å². The first-order chi connectivity index (χ1) is 14.6. The molecule has 11 heteroatoms. The van der Waals surface area contributed by atoms with E-state index >= 15 is 0 Å². The van der Waals surface area contributed by atoms with Crippen molar-refractivity contribution in [2.75, 3.05) is 26.4 Å². The van der Waals surface area contributed by atoms with Gasteiger partial charge >= 0.3 is 25.5 Å². The second-order valence-corrected chi connectivity index (χ2v) is 11.3. The number of rotatable bonds is 10. The monoisotopic (exact) mass is 477 g/mol. The first-order valence-corrected chi connectivity index (χ1v) is 11.9. The van der Waals surface area contributed by atoms with Crippen molar-refractivity contribution in [1.29, 1.82) is 0 Å². The lowest BCUT2D eigenvalue weighted by Crippen LogP contribution is -2.35. The summed E-state index contributed by atoms with van der Waals surface area (Å²) in [5.74, 6) is -1.55. The SMILES string of the molecule is CC(=O)OC[C@H]1[CH][CH][CH][C@@H](CP(=O)(OCOC(=O)C(C)(C)C)OCOC(=O)C(C)(C)C)O1. The third-order valence-electron chi connectivity index (χ3n) is 3.96. The molecular weight excluding hydrogens is 443 g/mol. The lowest BCUT2D eigenvalue weighted by Gasteiger charge is -2.31. The van der Waals surface area contributed by atoms with E-state index in [1.54, 1.807) is 60.8 Å². The van der Waals surface area contributed by atoms with Crippen LogP contribution in [0.5, 0.6) is 0 Å². The molecule has 183 valence electrons. The molecule has 1 rings (SSSR count). The van der Waals surface area contributed by atoms with Gasteiger partial charge in [0.1, 0.15) is 6.61 Å². The van der Waals surface area contributed by atoms with E-state index in [1.165, 1.54) is 6.92 Å². The van der Waals surface area contributed by atoms with Crippen LogP contribution in [0.4, 0.5) is 0 Å². The van der Waals surface area contributed by atoms with Gasteiger partial charge in [0.2, 0.25) is 13.6 Å². The summed E-state index contributed by atoms with van der Waals surface area (Å²) in [4.78, 5) is 34.9. The molecule has 1 saturated heterocycles. The molecule has 0 aliphatic carbocycles. The maximum Gasteiger partial charge on any atom is 0.339 e. The van der Waals surface area contributed by atoms with E-state index in [1.807, 2.05) is 0 Å². The van der Waals surface area contributed by atoms with Crippen molar-refractivity contribution in [3.8, 4) is 0 Å². The number of esters is 3. The van der Waals surface area contributed by atoms with Crippen LogP contribution in [0.15, 0.2) is 0 Å². The molecule has 1 aliphatic rings. The number of carbonyl (C=O) groups is 3. The molecular formula is C21H34O10P. The van der Waals surface area contributed by atoms with Crippen molar-refractivity contribution in [2.24, 2.45) is 10.8 Å². The van der Waals surface area contributed by atoms with Crippen LogP contribution in [-0.4, -0.2) is 56.5 Å². The molecule has 0 saturated carbocycles. The fourth-order valence-corrected chi connectivity index (χ4v) is 3.50. The van der Waals surface area contributed by atoms with Crippen LogP contribution in [0, 0.1) is 30.1 Å². The third kappa shape index (κ3) is 10.9. The topological polar surface area (TPSA) is 124 Å². The summed E-state index contributed by atoms with van der Waals surface area (Å²) >= 11 is 0. The van der Waals surface area contributed by atoms with Crippen molar-refractivity contribution in [1.82, 2.24) is 0 Å². The molecule has 1 aliphatic heterocycles. The Morgan fingerprint density at radius 1 is 0.844 bits per heavy atom. The van der Waals surface area contributed by atoms with Crippen LogP contribution >= 0.6 is 7.60 Å². The summed E-state index contributed by atoms with van der Waals surface area (Å²) in [5, 5.41) is 0. The van der Waals surface area contributed by atoms with Gasteiger partial charge in [0.25, 0.3) is 0 Å². The molecule has 32 heavy (non-hydrogen) atoms. The van der Waals surface area contributed by atoms with Crippen molar-refractivity contribution in [3.05, 3.63) is 19.3 Å². The predicted octanol–water partition coefficient (Wildman–Crippen LogP) is 3.25. The largest absolute Gasteiger partial charge is 0.463 e. The zero-order valence-corrected chi connectivity index (χ0v) is 20.6. The maximum absolute atomic E-state index is 13.3. The molecule has 0 aromatic carbocycles. The Bertz CT molecular complexity index is 656. The number of carbonyl (C=O) groups excluding carboxylic acids is 3. The van der Waals surface area contributed by atoms with E-state index in [-0.39, 0.29) is 12.8 Å². The Morgan fingerprint density at radius 3 is 1.75 bits per heavy atom. The van der Waals surface area contributed by atoms with E-state index in [4.69, 9.17) is 28.0 Å². The van der Waals surface area contributed by atoms with Crippen LogP contribution in [0.25, 0.3) is 0 Å². The molecule has 2 atom stereocenters. The van der Waals surface area contributed by atoms with E-state index in [9.17, 15) is 18.9 Å². The Kier molecular flexibility index (Phi) is 10.8. The molecule has 1 fully saturated rings. The standard InChI is InChI=1S/C21H34O10P/c1-15(22)26-11-16-9-8-10-17(31-16)12-32(25,29-13-27-18(23)20(2,3)4)30-14-28-19(24)21(5,6)7/h8-10,16-17H,11-14H2,1-7H3/t16-,17+/m1/s1. The molecule has 0 amide bonds. The summed E-state index contributed by atoms with van der Waals surface area (Å²) in [7, 11) is -3.92. The van der Waals surface area contributed by atoms with E-state index in [0.717, 1.165) is 0 Å². The van der Waals surface area contributed by atoms with Gasteiger partial charge in [-0.25, -0.2) is 0 Å². The van der Waals surface area contributed by atoms with E-state index in [2.05, 4.69) is 0 Å². The van der Waals surface area contributed by atoms with Crippen LogP contribution < -0.4 is 0 Å². The maximum atomic E-state index is 13.3. The molecule has 0 aromatic heterocycles. The molecule has 0 N–H and O–H groups in total. The Hall–Kier alpha value is -1.48. The Morgan fingerprint density at radius 2 is 1.31 bits per heavy atom. The van der Waals surface area contributed by atoms with Crippen molar-refractivity contribution in [2.45, 2.75) is 60.7 Å². The van der Waals surface area contributed by atoms with Gasteiger partial charge in [-0.1, -0.05) is 0 Å². The number of ether oxygens (including phenoxy) is 4. The van der Waals surface area contributed by atoms with Gasteiger partial charge in [0.15, 0.2) is 0 Å². The fraction of sp³-hybridized carbons (Fsp3) is 0.714. The van der Waals surface area contributed by atoms with Crippen molar-refractivity contribution < 1.29 is 46.9 Å². The van der Waals surface area contributed by atoms with Crippen LogP contribution in [0.3, 0.4) is 0 Å². The highest BCUT2D eigenvalue weighted by molar-refractivity contribution is 7.53. The van der Waals surface area contributed by atoms with Gasteiger partial charge in [-0.2, -0.15) is 0 Å². The zero-order valence-electron chi connectivity index (χ0n) is 19.7. The number of hydrogen-bond acceptors (Lipinski definition) is 10. The number of hydrogen-bond donors (Lipinski definition) is 0. The first-order valence-electron chi connectivity index (χ1n) is 10.2. The predicted molar refractivity (Wildman–Crippen MR) is 114 cm³/mol. The fourth-order valence-electron chi connectivity index (χ4n) is 2.14. The van der Waals surface area contributed by atoms with Crippen LogP contribution in [0.1, 0.15) is 48.5 Å². The third-order valence-corrected chi connectivity index (χ3v) is 5.76. The normalized spacial score (nSPS) is 19.8. The van der Waals surface area contributed by atoms with E-state index < -0.39 is 62.1 Å². The highest BCUT2D eigenvalue weighted by Crippen LogP contribution is 2.50. The summed E-state index contributed by atoms with van der Waals surface area (Å²) in [5.41, 5.74) is -1.54.